The largest absolute Gasteiger partial charge is 0.324 e. The normalized spacial score (nSPS) is 14.9. The van der Waals surface area contributed by atoms with Crippen LogP contribution in [0.25, 0.3) is 0 Å². The minimum atomic E-state index is 0.0575. The van der Waals surface area contributed by atoms with Gasteiger partial charge in [-0.25, -0.2) is 0 Å². The van der Waals surface area contributed by atoms with Crippen molar-refractivity contribution < 1.29 is 0 Å². The second-order valence-electron chi connectivity index (χ2n) is 4.33. The Morgan fingerprint density at radius 1 is 1.35 bits per heavy atom. The number of halogens is 1. The third kappa shape index (κ3) is 5.16. The molecular formula is C14H19ClN2. The van der Waals surface area contributed by atoms with Crippen molar-refractivity contribution in [2.24, 2.45) is 10.7 Å². The van der Waals surface area contributed by atoms with E-state index in [4.69, 9.17) is 17.3 Å². The third-order valence-corrected chi connectivity index (χ3v) is 2.83. The molecule has 0 spiro atoms. The Labute approximate surface area is 108 Å². The molecule has 2 N–H and O–H groups in total. The van der Waals surface area contributed by atoms with Crippen molar-refractivity contribution in [2.45, 2.75) is 33.2 Å². The molecule has 1 atom stereocenters. The molecule has 0 fully saturated rings. The van der Waals surface area contributed by atoms with E-state index in [0.29, 0.717) is 0 Å². The van der Waals surface area contributed by atoms with E-state index in [9.17, 15) is 0 Å². The van der Waals surface area contributed by atoms with E-state index in [1.54, 1.807) is 0 Å². The Balaban J connectivity index is 2.66. The first kappa shape index (κ1) is 13.9. The highest BCUT2D eigenvalue weighted by atomic mass is 35.5. The van der Waals surface area contributed by atoms with Crippen molar-refractivity contribution in [1.29, 1.82) is 0 Å². The quantitative estimate of drug-likeness (QED) is 0.815. The maximum atomic E-state index is 5.83. The van der Waals surface area contributed by atoms with Crippen LogP contribution in [0.4, 0.5) is 0 Å². The summed E-state index contributed by atoms with van der Waals surface area (Å²) in [6.07, 6.45) is 2.68. The van der Waals surface area contributed by atoms with E-state index in [1.807, 2.05) is 51.2 Å². The van der Waals surface area contributed by atoms with Crippen molar-refractivity contribution in [3.05, 3.63) is 46.6 Å². The predicted molar refractivity (Wildman–Crippen MR) is 75.7 cm³/mol. The second kappa shape index (κ2) is 6.58. The summed E-state index contributed by atoms with van der Waals surface area (Å²) in [5.74, 6) is 0. The van der Waals surface area contributed by atoms with Crippen LogP contribution in [0.3, 0.4) is 0 Å². The Morgan fingerprint density at radius 2 is 1.94 bits per heavy atom. The summed E-state index contributed by atoms with van der Waals surface area (Å²) in [5, 5.41) is 0.760. The molecule has 0 aliphatic carbocycles. The maximum absolute atomic E-state index is 5.83. The van der Waals surface area contributed by atoms with Crippen LogP contribution in [-0.2, 0) is 6.42 Å². The first-order valence-electron chi connectivity index (χ1n) is 5.69. The van der Waals surface area contributed by atoms with Crippen LogP contribution in [-0.4, -0.2) is 11.8 Å². The van der Waals surface area contributed by atoms with Gasteiger partial charge in [-0.3, -0.25) is 4.99 Å². The van der Waals surface area contributed by atoms with Gasteiger partial charge in [-0.15, -0.1) is 0 Å². The Bertz CT molecular complexity index is 416. The SMILES string of the molecule is CC(Cc1ccc(Cl)cc1)=N/C=C(\C)C(C)N. The molecule has 1 unspecified atom stereocenters. The molecule has 2 nitrogen and oxygen atoms in total. The Hall–Kier alpha value is -1.12. The highest BCUT2D eigenvalue weighted by Gasteiger charge is 1.97. The van der Waals surface area contributed by atoms with Crippen molar-refractivity contribution >= 4 is 17.3 Å². The van der Waals surface area contributed by atoms with Crippen molar-refractivity contribution in [3.63, 3.8) is 0 Å². The van der Waals surface area contributed by atoms with Crippen LogP contribution in [0, 0.1) is 0 Å². The number of hydrogen-bond donors (Lipinski definition) is 1. The molecule has 17 heavy (non-hydrogen) atoms. The van der Waals surface area contributed by atoms with Crippen molar-refractivity contribution in [3.8, 4) is 0 Å². The predicted octanol–water partition coefficient (Wildman–Crippen LogP) is 3.59. The fraction of sp³-hybridized carbons (Fsp3) is 0.357. The molecule has 1 rings (SSSR count). The molecule has 0 aliphatic rings. The molecule has 0 amide bonds. The second-order valence-corrected chi connectivity index (χ2v) is 4.77. The van der Waals surface area contributed by atoms with E-state index >= 15 is 0 Å². The minimum absolute atomic E-state index is 0.0575. The number of aliphatic imine (C=N–C) groups is 1. The van der Waals surface area contributed by atoms with Crippen molar-refractivity contribution in [2.75, 3.05) is 0 Å². The monoisotopic (exact) mass is 250 g/mol. The van der Waals surface area contributed by atoms with E-state index in [1.165, 1.54) is 5.56 Å². The molecule has 3 heteroatoms. The lowest BCUT2D eigenvalue weighted by molar-refractivity contribution is 0.856. The van der Waals surface area contributed by atoms with Gasteiger partial charge in [0.1, 0.15) is 0 Å². The minimum Gasteiger partial charge on any atom is -0.324 e. The number of hydrogen-bond acceptors (Lipinski definition) is 2. The topological polar surface area (TPSA) is 38.4 Å². The van der Waals surface area contributed by atoms with Crippen LogP contribution >= 0.6 is 11.6 Å². The molecular weight excluding hydrogens is 232 g/mol. The van der Waals surface area contributed by atoms with Gasteiger partial charge in [-0.1, -0.05) is 23.7 Å². The van der Waals surface area contributed by atoms with Gasteiger partial charge < -0.3 is 5.73 Å². The van der Waals surface area contributed by atoms with E-state index in [2.05, 4.69) is 4.99 Å². The Kier molecular flexibility index (Phi) is 5.39. The summed E-state index contributed by atoms with van der Waals surface area (Å²) in [6, 6.07) is 7.88. The molecule has 0 aliphatic heterocycles. The molecule has 92 valence electrons. The van der Waals surface area contributed by atoms with Gasteiger partial charge >= 0.3 is 0 Å². The Morgan fingerprint density at radius 3 is 2.47 bits per heavy atom. The lowest BCUT2D eigenvalue weighted by Crippen LogP contribution is -2.15. The van der Waals surface area contributed by atoms with Gasteiger partial charge in [0.25, 0.3) is 0 Å². The zero-order valence-electron chi connectivity index (χ0n) is 10.6. The van der Waals surface area contributed by atoms with Gasteiger partial charge in [0.2, 0.25) is 0 Å². The van der Waals surface area contributed by atoms with Crippen LogP contribution in [0.5, 0.6) is 0 Å². The summed E-state index contributed by atoms with van der Waals surface area (Å²) in [7, 11) is 0. The molecule has 0 heterocycles. The number of nitrogens with two attached hydrogens (primary N) is 1. The molecule has 1 aromatic rings. The van der Waals surface area contributed by atoms with Gasteiger partial charge in [0.05, 0.1) is 0 Å². The summed E-state index contributed by atoms with van der Waals surface area (Å²) in [5.41, 5.74) is 9.10. The number of benzene rings is 1. The summed E-state index contributed by atoms with van der Waals surface area (Å²) in [4.78, 5) is 4.40. The zero-order chi connectivity index (χ0) is 12.8. The van der Waals surface area contributed by atoms with Gasteiger partial charge in [0.15, 0.2) is 0 Å². The maximum Gasteiger partial charge on any atom is 0.0406 e. The zero-order valence-corrected chi connectivity index (χ0v) is 11.3. The molecule has 1 aromatic carbocycles. The van der Waals surface area contributed by atoms with E-state index in [-0.39, 0.29) is 6.04 Å². The first-order valence-corrected chi connectivity index (χ1v) is 6.07. The summed E-state index contributed by atoms with van der Waals surface area (Å²) in [6.45, 7) is 5.96. The lowest BCUT2D eigenvalue weighted by atomic mass is 10.1. The lowest BCUT2D eigenvalue weighted by Gasteiger charge is -2.04. The van der Waals surface area contributed by atoms with Crippen LogP contribution in [0.2, 0.25) is 5.02 Å². The number of rotatable bonds is 4. The van der Waals surface area contributed by atoms with Gasteiger partial charge in [0, 0.05) is 29.4 Å². The molecule has 0 bridgehead atoms. The highest BCUT2D eigenvalue weighted by molar-refractivity contribution is 6.30. The highest BCUT2D eigenvalue weighted by Crippen LogP contribution is 2.10. The van der Waals surface area contributed by atoms with E-state index < -0.39 is 0 Å². The van der Waals surface area contributed by atoms with Crippen LogP contribution in [0.1, 0.15) is 26.3 Å². The van der Waals surface area contributed by atoms with Gasteiger partial charge in [-0.05, 0) is 44.0 Å². The molecule has 0 saturated heterocycles. The average Bonchev–Trinajstić information content (AvgIpc) is 2.29. The fourth-order valence-electron chi connectivity index (χ4n) is 1.27. The smallest absolute Gasteiger partial charge is 0.0406 e. The summed E-state index contributed by atoms with van der Waals surface area (Å²) >= 11 is 5.83. The first-order chi connectivity index (χ1) is 7.99. The van der Waals surface area contributed by atoms with Crippen LogP contribution in [0.15, 0.2) is 41.0 Å². The van der Waals surface area contributed by atoms with Gasteiger partial charge in [-0.2, -0.15) is 0 Å². The number of nitrogens with zero attached hydrogens (tertiary/aromatic N) is 1. The fourth-order valence-corrected chi connectivity index (χ4v) is 1.40. The average molecular weight is 251 g/mol. The van der Waals surface area contributed by atoms with Crippen LogP contribution < -0.4 is 5.73 Å². The molecule has 0 saturated carbocycles. The summed E-state index contributed by atoms with van der Waals surface area (Å²) < 4.78 is 0. The third-order valence-electron chi connectivity index (χ3n) is 2.58. The molecule has 0 radical (unpaired) electrons. The van der Waals surface area contributed by atoms with E-state index in [0.717, 1.165) is 22.7 Å². The van der Waals surface area contributed by atoms with Crippen molar-refractivity contribution in [1.82, 2.24) is 0 Å². The molecule has 0 aromatic heterocycles. The standard InChI is InChI=1S/C14H19ClN2/c1-10(12(3)16)9-17-11(2)8-13-4-6-14(15)7-5-13/h4-7,9,12H,8,16H2,1-3H3/b10-9+,17-11?.